The van der Waals surface area contributed by atoms with Crippen molar-refractivity contribution >= 4 is 0 Å². The van der Waals surface area contributed by atoms with E-state index in [1.165, 1.54) is 0 Å². The molecule has 2 unspecified atom stereocenters. The van der Waals surface area contributed by atoms with Crippen LogP contribution in [0.1, 0.15) is 44.9 Å². The van der Waals surface area contributed by atoms with Crippen molar-refractivity contribution in [2.75, 3.05) is 13.7 Å². The number of hydrogen-bond acceptors (Lipinski definition) is 2. The molecule has 0 heterocycles. The van der Waals surface area contributed by atoms with Crippen molar-refractivity contribution in [1.82, 2.24) is 5.32 Å². The smallest absolute Gasteiger partial charge is 0.126 e. The fraction of sp³-hybridized carbons (Fsp3) is 0.625. The monoisotopic (exact) mass is 267 g/mol. The Hall–Kier alpha value is -0.930. The zero-order chi connectivity index (χ0) is 14.6. The molecule has 19 heavy (non-hydrogen) atoms. The van der Waals surface area contributed by atoms with Gasteiger partial charge in [0.05, 0.1) is 12.1 Å². The standard InChI is InChI=1S/C16H26FNO/c1-7-18-14(15(19-6)16(3,4)5)12-9-8-11(2)13(17)10-12/h8-10,14-15,18H,7H2,1-6H3. The van der Waals surface area contributed by atoms with Crippen molar-refractivity contribution in [3.63, 3.8) is 0 Å². The Balaban J connectivity index is 3.14. The first-order valence-electron chi connectivity index (χ1n) is 6.83. The van der Waals surface area contributed by atoms with Gasteiger partial charge in [-0.05, 0) is 36.1 Å². The predicted molar refractivity (Wildman–Crippen MR) is 77.8 cm³/mol. The molecule has 2 atom stereocenters. The fourth-order valence-corrected chi connectivity index (χ4v) is 2.41. The maximum atomic E-state index is 13.8. The topological polar surface area (TPSA) is 21.3 Å². The Bertz CT molecular complexity index is 412. The molecule has 1 rings (SSSR count). The number of likely N-dealkylation sites (N-methyl/N-ethyl adjacent to an activating group) is 1. The number of ether oxygens (including phenoxy) is 1. The molecule has 108 valence electrons. The number of rotatable bonds is 5. The van der Waals surface area contributed by atoms with Crippen molar-refractivity contribution in [1.29, 1.82) is 0 Å². The van der Waals surface area contributed by atoms with Crippen LogP contribution in [-0.2, 0) is 4.74 Å². The van der Waals surface area contributed by atoms with E-state index < -0.39 is 0 Å². The molecule has 0 aliphatic carbocycles. The Morgan fingerprint density at radius 1 is 1.32 bits per heavy atom. The molecular formula is C16H26FNO. The molecule has 0 aromatic heterocycles. The maximum Gasteiger partial charge on any atom is 0.126 e. The summed E-state index contributed by atoms with van der Waals surface area (Å²) >= 11 is 0. The normalized spacial score (nSPS) is 15.3. The van der Waals surface area contributed by atoms with Gasteiger partial charge in [-0.25, -0.2) is 4.39 Å². The van der Waals surface area contributed by atoms with Crippen LogP contribution in [0.2, 0.25) is 0 Å². The van der Waals surface area contributed by atoms with Crippen molar-refractivity contribution in [2.45, 2.75) is 46.8 Å². The van der Waals surface area contributed by atoms with Gasteiger partial charge in [0.2, 0.25) is 0 Å². The lowest BCUT2D eigenvalue weighted by Gasteiger charge is -2.36. The SMILES string of the molecule is CCNC(c1ccc(C)c(F)c1)C(OC)C(C)(C)C. The molecule has 1 aromatic rings. The minimum absolute atomic E-state index is 0.00917. The Morgan fingerprint density at radius 3 is 2.37 bits per heavy atom. The number of benzene rings is 1. The van der Waals surface area contributed by atoms with Gasteiger partial charge in [0, 0.05) is 7.11 Å². The van der Waals surface area contributed by atoms with Crippen molar-refractivity contribution in [3.05, 3.63) is 35.1 Å². The number of nitrogens with one attached hydrogen (secondary N) is 1. The Kier molecular flexibility index (Phi) is 5.50. The first-order valence-corrected chi connectivity index (χ1v) is 6.83. The van der Waals surface area contributed by atoms with Gasteiger partial charge in [0.15, 0.2) is 0 Å². The van der Waals surface area contributed by atoms with E-state index in [0.717, 1.165) is 12.1 Å². The molecule has 1 N–H and O–H groups in total. The highest BCUT2D eigenvalue weighted by Gasteiger charge is 2.33. The lowest BCUT2D eigenvalue weighted by molar-refractivity contribution is -0.0116. The first-order chi connectivity index (χ1) is 8.81. The Labute approximate surface area is 116 Å². The number of hydrogen-bond donors (Lipinski definition) is 1. The third kappa shape index (κ3) is 4.02. The van der Waals surface area contributed by atoms with Crippen molar-refractivity contribution < 1.29 is 9.13 Å². The zero-order valence-corrected chi connectivity index (χ0v) is 12.9. The summed E-state index contributed by atoms with van der Waals surface area (Å²) in [6.07, 6.45) is -0.0189. The first kappa shape index (κ1) is 16.1. The summed E-state index contributed by atoms with van der Waals surface area (Å²) in [6.45, 7) is 11.0. The van der Waals surface area contributed by atoms with E-state index in [2.05, 4.69) is 26.1 Å². The molecule has 2 nitrogen and oxygen atoms in total. The van der Waals surface area contributed by atoms with Gasteiger partial charge >= 0.3 is 0 Å². The highest BCUT2D eigenvalue weighted by Crippen LogP contribution is 2.33. The second-order valence-corrected chi connectivity index (χ2v) is 6.07. The van der Waals surface area contributed by atoms with E-state index in [-0.39, 0.29) is 23.4 Å². The highest BCUT2D eigenvalue weighted by molar-refractivity contribution is 5.27. The Morgan fingerprint density at radius 2 is 1.95 bits per heavy atom. The molecule has 0 aliphatic heterocycles. The quantitative estimate of drug-likeness (QED) is 0.875. The molecule has 0 spiro atoms. The van der Waals surface area contributed by atoms with Crippen LogP contribution in [0.3, 0.4) is 0 Å². The minimum Gasteiger partial charge on any atom is -0.379 e. The number of methoxy groups -OCH3 is 1. The van der Waals surface area contributed by atoms with Crippen LogP contribution < -0.4 is 5.32 Å². The molecule has 0 fully saturated rings. The molecule has 0 radical (unpaired) electrons. The fourth-order valence-electron chi connectivity index (χ4n) is 2.41. The molecule has 0 saturated heterocycles. The van der Waals surface area contributed by atoms with Gasteiger partial charge < -0.3 is 10.1 Å². The summed E-state index contributed by atoms with van der Waals surface area (Å²) in [7, 11) is 1.71. The average Bonchev–Trinajstić information content (AvgIpc) is 2.31. The molecule has 1 aromatic carbocycles. The molecule has 0 saturated carbocycles. The molecular weight excluding hydrogens is 241 g/mol. The third-order valence-electron chi connectivity index (χ3n) is 3.39. The summed E-state index contributed by atoms with van der Waals surface area (Å²) in [5.74, 6) is -0.163. The van der Waals surface area contributed by atoms with Crippen molar-refractivity contribution in [3.8, 4) is 0 Å². The van der Waals surface area contributed by atoms with Gasteiger partial charge in [0.1, 0.15) is 5.82 Å². The molecule has 0 bridgehead atoms. The molecule has 0 aliphatic rings. The molecule has 3 heteroatoms. The van der Waals surface area contributed by atoms with E-state index in [1.54, 1.807) is 20.1 Å². The second kappa shape index (κ2) is 6.49. The summed E-state index contributed by atoms with van der Waals surface area (Å²) < 4.78 is 19.4. The van der Waals surface area contributed by atoms with Crippen LogP contribution in [0.25, 0.3) is 0 Å². The van der Waals surface area contributed by atoms with Gasteiger partial charge in [-0.3, -0.25) is 0 Å². The van der Waals surface area contributed by atoms with Gasteiger partial charge in [-0.2, -0.15) is 0 Å². The third-order valence-corrected chi connectivity index (χ3v) is 3.39. The number of aryl methyl sites for hydroxylation is 1. The lowest BCUT2D eigenvalue weighted by atomic mass is 9.81. The van der Waals surface area contributed by atoms with E-state index in [0.29, 0.717) is 5.56 Å². The highest BCUT2D eigenvalue weighted by atomic mass is 19.1. The summed E-state index contributed by atoms with van der Waals surface area (Å²) in [6, 6.07) is 5.40. The summed E-state index contributed by atoms with van der Waals surface area (Å²) in [5, 5.41) is 3.41. The van der Waals surface area contributed by atoms with Crippen LogP contribution in [0.15, 0.2) is 18.2 Å². The minimum atomic E-state index is -0.163. The van der Waals surface area contributed by atoms with E-state index in [9.17, 15) is 4.39 Å². The van der Waals surface area contributed by atoms with Gasteiger partial charge in [0.25, 0.3) is 0 Å². The van der Waals surface area contributed by atoms with E-state index in [4.69, 9.17) is 4.74 Å². The zero-order valence-electron chi connectivity index (χ0n) is 12.9. The van der Waals surface area contributed by atoms with Crippen LogP contribution in [0.4, 0.5) is 4.39 Å². The van der Waals surface area contributed by atoms with E-state index >= 15 is 0 Å². The van der Waals surface area contributed by atoms with Crippen LogP contribution in [-0.4, -0.2) is 19.8 Å². The van der Waals surface area contributed by atoms with Gasteiger partial charge in [-0.1, -0.05) is 39.8 Å². The number of halogens is 1. The molecule has 0 amide bonds. The lowest BCUT2D eigenvalue weighted by Crippen LogP contribution is -2.41. The predicted octanol–water partition coefficient (Wildman–Crippen LogP) is 3.85. The van der Waals surface area contributed by atoms with Crippen molar-refractivity contribution in [2.24, 2.45) is 5.41 Å². The van der Waals surface area contributed by atoms with Crippen LogP contribution in [0, 0.1) is 18.2 Å². The van der Waals surface area contributed by atoms with Gasteiger partial charge in [-0.15, -0.1) is 0 Å². The summed E-state index contributed by atoms with van der Waals surface area (Å²) in [5.41, 5.74) is 1.58. The van der Waals surface area contributed by atoms with Crippen LogP contribution >= 0.6 is 0 Å². The maximum absolute atomic E-state index is 13.8. The second-order valence-electron chi connectivity index (χ2n) is 6.07. The van der Waals surface area contributed by atoms with E-state index in [1.807, 2.05) is 19.1 Å². The van der Waals surface area contributed by atoms with Crippen LogP contribution in [0.5, 0.6) is 0 Å². The largest absolute Gasteiger partial charge is 0.379 e. The summed E-state index contributed by atoms with van der Waals surface area (Å²) in [4.78, 5) is 0. The average molecular weight is 267 g/mol.